The molecule has 0 aromatic carbocycles. The van der Waals surface area contributed by atoms with Gasteiger partial charge < -0.3 is 10.9 Å². The normalized spacial score (nSPS) is 16.8. The summed E-state index contributed by atoms with van der Waals surface area (Å²) in [6.07, 6.45) is 1.02. The van der Waals surface area contributed by atoms with Gasteiger partial charge in [-0.05, 0) is 6.92 Å². The van der Waals surface area contributed by atoms with Gasteiger partial charge >= 0.3 is 0 Å². The van der Waals surface area contributed by atoms with Gasteiger partial charge in [-0.2, -0.15) is 0 Å². The van der Waals surface area contributed by atoms with Crippen LogP contribution in [0.25, 0.3) is 0 Å². The maximum Gasteiger partial charge on any atom is 0.157 e. The van der Waals surface area contributed by atoms with Crippen molar-refractivity contribution in [2.24, 2.45) is 10.9 Å². The summed E-state index contributed by atoms with van der Waals surface area (Å²) in [5, 5.41) is 9.72. The van der Waals surface area contributed by atoms with E-state index < -0.39 is 15.1 Å². The van der Waals surface area contributed by atoms with E-state index in [1.165, 1.54) is 6.92 Å². The molecule has 0 saturated heterocycles. The second kappa shape index (κ2) is 2.87. The Hall–Kier alpha value is -0.780. The van der Waals surface area contributed by atoms with Crippen LogP contribution in [-0.4, -0.2) is 31.0 Å². The van der Waals surface area contributed by atoms with Gasteiger partial charge in [-0.25, -0.2) is 8.42 Å². The van der Waals surface area contributed by atoms with Crippen molar-refractivity contribution in [3.05, 3.63) is 0 Å². The second-order valence-electron chi connectivity index (χ2n) is 2.00. The smallest absolute Gasteiger partial charge is 0.157 e. The molecule has 0 aliphatic carbocycles. The molecule has 5 nitrogen and oxygen atoms in total. The van der Waals surface area contributed by atoms with E-state index >= 15 is 0 Å². The van der Waals surface area contributed by atoms with E-state index in [9.17, 15) is 8.42 Å². The topological polar surface area (TPSA) is 92.8 Å². The summed E-state index contributed by atoms with van der Waals surface area (Å²) in [6, 6.07) is 0. The predicted octanol–water partition coefficient (Wildman–Crippen LogP) is -0.834. The summed E-state index contributed by atoms with van der Waals surface area (Å²) in [7, 11) is -3.23. The second-order valence-corrected chi connectivity index (χ2v) is 4.36. The third-order valence-corrected chi connectivity index (χ3v) is 2.70. The van der Waals surface area contributed by atoms with Gasteiger partial charge in [-0.1, -0.05) is 5.16 Å². The van der Waals surface area contributed by atoms with E-state index in [0.29, 0.717) is 0 Å². The number of nitrogens with zero attached hydrogens (tertiary/aromatic N) is 1. The van der Waals surface area contributed by atoms with E-state index in [1.54, 1.807) is 0 Å². The minimum atomic E-state index is -3.23. The lowest BCUT2D eigenvalue weighted by atomic mass is 10.4. The van der Waals surface area contributed by atoms with Gasteiger partial charge in [0.1, 0.15) is 5.25 Å². The molecule has 0 bridgehead atoms. The Morgan fingerprint density at radius 1 is 1.70 bits per heavy atom. The van der Waals surface area contributed by atoms with Crippen molar-refractivity contribution in [2.45, 2.75) is 12.2 Å². The van der Waals surface area contributed by atoms with Crippen molar-refractivity contribution in [3.8, 4) is 0 Å². The Morgan fingerprint density at radius 2 is 2.10 bits per heavy atom. The fraction of sp³-hybridized carbons (Fsp3) is 0.750. The summed E-state index contributed by atoms with van der Waals surface area (Å²) >= 11 is 0. The number of amidine groups is 1. The molecule has 3 N–H and O–H groups in total. The van der Waals surface area contributed by atoms with Crippen LogP contribution in [0.5, 0.6) is 0 Å². The van der Waals surface area contributed by atoms with Gasteiger partial charge in [0, 0.05) is 6.26 Å². The molecule has 0 fully saturated rings. The molecule has 10 heavy (non-hydrogen) atoms. The third-order valence-electron chi connectivity index (χ3n) is 1.17. The summed E-state index contributed by atoms with van der Waals surface area (Å²) in [5.74, 6) is -0.289. The van der Waals surface area contributed by atoms with Crippen LogP contribution in [0.1, 0.15) is 6.92 Å². The highest BCUT2D eigenvalue weighted by atomic mass is 32.2. The predicted molar refractivity (Wildman–Crippen MR) is 37.7 cm³/mol. The van der Waals surface area contributed by atoms with Crippen LogP contribution >= 0.6 is 0 Å². The molecule has 1 atom stereocenters. The largest absolute Gasteiger partial charge is 0.409 e. The average molecular weight is 166 g/mol. The van der Waals surface area contributed by atoms with Crippen LogP contribution < -0.4 is 5.73 Å². The maximum atomic E-state index is 10.7. The molecule has 0 radical (unpaired) electrons. The summed E-state index contributed by atoms with van der Waals surface area (Å²) in [5.41, 5.74) is 5.02. The zero-order valence-electron chi connectivity index (χ0n) is 5.77. The molecule has 60 valence electrons. The van der Waals surface area contributed by atoms with Crippen LogP contribution in [0.15, 0.2) is 5.16 Å². The first-order valence-electron chi connectivity index (χ1n) is 2.56. The monoisotopic (exact) mass is 166 g/mol. The SMILES string of the molecule is CC(/C(N)=N/O)S(C)(=O)=O. The van der Waals surface area contributed by atoms with Gasteiger partial charge in [-0.15, -0.1) is 0 Å². The highest BCUT2D eigenvalue weighted by molar-refractivity contribution is 7.92. The zero-order valence-corrected chi connectivity index (χ0v) is 6.59. The first kappa shape index (κ1) is 9.22. The first-order chi connectivity index (χ1) is 4.39. The van der Waals surface area contributed by atoms with Gasteiger partial charge in [0.2, 0.25) is 0 Å². The molecule has 0 spiro atoms. The summed E-state index contributed by atoms with van der Waals surface area (Å²) in [4.78, 5) is 0. The maximum absolute atomic E-state index is 10.7. The molecule has 0 rings (SSSR count). The van der Waals surface area contributed by atoms with Gasteiger partial charge in [0.15, 0.2) is 15.7 Å². The molecule has 0 aliphatic rings. The number of oxime groups is 1. The highest BCUT2D eigenvalue weighted by Crippen LogP contribution is 1.96. The molecule has 1 unspecified atom stereocenters. The number of sulfone groups is 1. The molecule has 0 saturated carbocycles. The Morgan fingerprint density at radius 3 is 2.20 bits per heavy atom. The minimum Gasteiger partial charge on any atom is -0.409 e. The van der Waals surface area contributed by atoms with Crippen LogP contribution in [0.3, 0.4) is 0 Å². The Bertz CT molecular complexity index is 231. The molecular weight excluding hydrogens is 156 g/mol. The molecular formula is C4H10N2O3S. The van der Waals surface area contributed by atoms with Crippen molar-refractivity contribution >= 4 is 15.7 Å². The number of hydrogen-bond acceptors (Lipinski definition) is 4. The van der Waals surface area contributed by atoms with E-state index in [2.05, 4.69) is 5.16 Å². The quantitative estimate of drug-likeness (QED) is 0.242. The van der Waals surface area contributed by atoms with Crippen LogP contribution in [0.2, 0.25) is 0 Å². The van der Waals surface area contributed by atoms with Crippen molar-refractivity contribution in [3.63, 3.8) is 0 Å². The van der Waals surface area contributed by atoms with Crippen molar-refractivity contribution in [1.82, 2.24) is 0 Å². The standard InChI is InChI=1S/C4H10N2O3S/c1-3(4(5)6-7)10(2,8)9/h3,7H,1-2H3,(H2,5,6). The Kier molecular flexibility index (Phi) is 2.65. The molecule has 0 heterocycles. The van der Waals surface area contributed by atoms with Gasteiger partial charge in [0.05, 0.1) is 0 Å². The number of hydrogen-bond donors (Lipinski definition) is 2. The van der Waals surface area contributed by atoms with Crippen molar-refractivity contribution in [2.75, 3.05) is 6.26 Å². The molecule has 0 aromatic heterocycles. The molecule has 0 aromatic rings. The van der Waals surface area contributed by atoms with E-state index in [1.807, 2.05) is 0 Å². The van der Waals surface area contributed by atoms with E-state index in [0.717, 1.165) is 6.26 Å². The third kappa shape index (κ3) is 2.22. The number of rotatable bonds is 2. The van der Waals surface area contributed by atoms with Gasteiger partial charge in [0.25, 0.3) is 0 Å². The van der Waals surface area contributed by atoms with Crippen LogP contribution in [-0.2, 0) is 9.84 Å². The van der Waals surface area contributed by atoms with E-state index in [-0.39, 0.29) is 5.84 Å². The number of nitrogens with two attached hydrogens (primary N) is 1. The fourth-order valence-electron chi connectivity index (χ4n) is 0.301. The summed E-state index contributed by atoms with van der Waals surface area (Å²) in [6.45, 7) is 1.35. The fourth-order valence-corrected chi connectivity index (χ4v) is 0.786. The lowest BCUT2D eigenvalue weighted by Crippen LogP contribution is -2.32. The van der Waals surface area contributed by atoms with Crippen molar-refractivity contribution in [1.29, 1.82) is 0 Å². The van der Waals surface area contributed by atoms with Crippen LogP contribution in [0, 0.1) is 0 Å². The zero-order chi connectivity index (χ0) is 8.36. The lowest BCUT2D eigenvalue weighted by molar-refractivity contribution is 0.317. The first-order valence-corrected chi connectivity index (χ1v) is 4.51. The van der Waals surface area contributed by atoms with E-state index in [4.69, 9.17) is 10.9 Å². The Balaban J connectivity index is 4.55. The molecule has 0 aliphatic heterocycles. The van der Waals surface area contributed by atoms with Crippen LogP contribution in [0.4, 0.5) is 0 Å². The Labute approximate surface area is 59.4 Å². The average Bonchev–Trinajstić information content (AvgIpc) is 1.83. The summed E-state index contributed by atoms with van der Waals surface area (Å²) < 4.78 is 21.3. The molecule has 0 amide bonds. The minimum absolute atomic E-state index is 0.289. The van der Waals surface area contributed by atoms with Crippen molar-refractivity contribution < 1.29 is 13.6 Å². The van der Waals surface area contributed by atoms with Gasteiger partial charge in [-0.3, -0.25) is 0 Å². The highest BCUT2D eigenvalue weighted by Gasteiger charge is 2.18. The lowest BCUT2D eigenvalue weighted by Gasteiger charge is -2.04. The molecule has 6 heteroatoms.